The number of carbonyl (C=O) groups is 1. The number of hydrogen-bond donors (Lipinski definition) is 1. The zero-order valence-corrected chi connectivity index (χ0v) is 14.6. The molecule has 2 aromatic rings. The van der Waals surface area contributed by atoms with Gasteiger partial charge in [-0.05, 0) is 23.8 Å². The minimum absolute atomic E-state index is 0.0660. The first-order valence-corrected chi connectivity index (χ1v) is 8.51. The van der Waals surface area contributed by atoms with Crippen molar-refractivity contribution in [1.82, 2.24) is 15.2 Å². The Kier molecular flexibility index (Phi) is 5.43. The molecule has 24 heavy (non-hydrogen) atoms. The zero-order chi connectivity index (χ0) is 16.9. The molecule has 2 heterocycles. The third kappa shape index (κ3) is 3.91. The van der Waals surface area contributed by atoms with Crippen LogP contribution in [-0.2, 0) is 6.54 Å². The normalized spacial score (nSPS) is 14.6. The summed E-state index contributed by atoms with van der Waals surface area (Å²) < 4.78 is 0. The minimum Gasteiger partial charge on any atom is -0.366 e. The molecule has 0 spiro atoms. The van der Waals surface area contributed by atoms with Gasteiger partial charge < -0.3 is 15.1 Å². The Bertz CT molecular complexity index is 683. The first-order valence-electron chi connectivity index (χ1n) is 7.76. The number of nitrogens with one attached hydrogen (secondary N) is 1. The number of amides is 2. The average Bonchev–Trinajstić information content (AvgIpc) is 2.61. The Balaban J connectivity index is 1.54. The first kappa shape index (κ1) is 16.9. The topological polar surface area (TPSA) is 48.5 Å². The molecular formula is C17H18Cl2N4O. The number of nitrogens with zero attached hydrogens (tertiary/aromatic N) is 3. The van der Waals surface area contributed by atoms with Crippen LogP contribution in [0.5, 0.6) is 0 Å². The van der Waals surface area contributed by atoms with Crippen molar-refractivity contribution >= 4 is 34.9 Å². The Labute approximate surface area is 151 Å². The van der Waals surface area contributed by atoms with Gasteiger partial charge in [0.15, 0.2) is 0 Å². The minimum atomic E-state index is -0.0660. The molecule has 126 valence electrons. The van der Waals surface area contributed by atoms with Gasteiger partial charge in [0.05, 0.1) is 15.7 Å². The number of anilines is 1. The fourth-order valence-electron chi connectivity index (χ4n) is 2.72. The Hall–Kier alpha value is -1.98. The molecule has 1 aliphatic heterocycles. The molecule has 5 nitrogen and oxygen atoms in total. The van der Waals surface area contributed by atoms with Gasteiger partial charge in [-0.25, -0.2) is 4.79 Å². The summed E-state index contributed by atoms with van der Waals surface area (Å²) in [5, 5.41) is 4.19. The molecule has 3 rings (SSSR count). The van der Waals surface area contributed by atoms with Gasteiger partial charge in [0.2, 0.25) is 0 Å². The van der Waals surface area contributed by atoms with Crippen molar-refractivity contribution in [2.24, 2.45) is 0 Å². The Morgan fingerprint density at radius 2 is 1.79 bits per heavy atom. The molecule has 1 aliphatic rings. The maximum absolute atomic E-state index is 12.3. The second-order valence-electron chi connectivity index (χ2n) is 5.56. The number of aromatic nitrogens is 1. The molecule has 0 unspecified atom stereocenters. The number of carbonyl (C=O) groups excluding carboxylic acids is 1. The highest BCUT2D eigenvalue weighted by molar-refractivity contribution is 6.39. The largest absolute Gasteiger partial charge is 0.366 e. The van der Waals surface area contributed by atoms with Crippen LogP contribution in [-0.4, -0.2) is 42.1 Å². The standard InChI is InChI=1S/C17H18Cl2N4O/c18-14-4-1-5-15(19)16(14)22-7-9-23(10-8-22)17(24)21-12-13-3-2-6-20-11-13/h1-6,11H,7-10,12H2,(H,21,24). The third-order valence-corrected chi connectivity index (χ3v) is 4.60. The molecule has 1 saturated heterocycles. The van der Waals surface area contributed by atoms with Crippen LogP contribution < -0.4 is 10.2 Å². The van der Waals surface area contributed by atoms with Gasteiger partial charge in [0, 0.05) is 45.1 Å². The number of hydrogen-bond acceptors (Lipinski definition) is 3. The summed E-state index contributed by atoms with van der Waals surface area (Å²) in [6, 6.07) is 9.21. The highest BCUT2D eigenvalue weighted by atomic mass is 35.5. The highest BCUT2D eigenvalue weighted by Crippen LogP contribution is 2.33. The lowest BCUT2D eigenvalue weighted by Gasteiger charge is -2.36. The number of rotatable bonds is 3. The lowest BCUT2D eigenvalue weighted by atomic mass is 10.2. The summed E-state index contributed by atoms with van der Waals surface area (Å²) in [5.74, 6) is 0. The van der Waals surface area contributed by atoms with E-state index in [0.717, 1.165) is 11.3 Å². The average molecular weight is 365 g/mol. The summed E-state index contributed by atoms with van der Waals surface area (Å²) in [5.41, 5.74) is 1.82. The Morgan fingerprint density at radius 1 is 1.08 bits per heavy atom. The fraction of sp³-hybridized carbons (Fsp3) is 0.294. The molecule has 0 aliphatic carbocycles. The fourth-order valence-corrected chi connectivity index (χ4v) is 3.35. The molecule has 7 heteroatoms. The smallest absolute Gasteiger partial charge is 0.317 e. The van der Waals surface area contributed by atoms with Crippen LogP contribution in [0.1, 0.15) is 5.56 Å². The van der Waals surface area contributed by atoms with E-state index < -0.39 is 0 Å². The van der Waals surface area contributed by atoms with E-state index in [4.69, 9.17) is 23.2 Å². The van der Waals surface area contributed by atoms with Crippen LogP contribution in [0.2, 0.25) is 10.0 Å². The van der Waals surface area contributed by atoms with Gasteiger partial charge in [0.1, 0.15) is 0 Å². The van der Waals surface area contributed by atoms with Crippen LogP contribution >= 0.6 is 23.2 Å². The van der Waals surface area contributed by atoms with Crippen LogP contribution in [0, 0.1) is 0 Å². The third-order valence-electron chi connectivity index (χ3n) is 3.99. The van der Waals surface area contributed by atoms with E-state index in [1.165, 1.54) is 0 Å². The van der Waals surface area contributed by atoms with Crippen molar-refractivity contribution in [1.29, 1.82) is 0 Å². The number of halogens is 2. The number of urea groups is 1. The second kappa shape index (κ2) is 7.73. The molecule has 0 saturated carbocycles. The first-order chi connectivity index (χ1) is 11.6. The van der Waals surface area contributed by atoms with Gasteiger partial charge in [-0.1, -0.05) is 35.3 Å². The van der Waals surface area contributed by atoms with Crippen LogP contribution in [0.25, 0.3) is 0 Å². The number of benzene rings is 1. The molecule has 1 N–H and O–H groups in total. The van der Waals surface area contributed by atoms with E-state index in [1.54, 1.807) is 17.3 Å². The second-order valence-corrected chi connectivity index (χ2v) is 6.38. The number of pyridine rings is 1. The molecule has 1 aromatic heterocycles. The van der Waals surface area contributed by atoms with E-state index in [0.29, 0.717) is 42.8 Å². The van der Waals surface area contributed by atoms with Gasteiger partial charge in [-0.2, -0.15) is 0 Å². The SMILES string of the molecule is O=C(NCc1cccnc1)N1CCN(c2c(Cl)cccc2Cl)CC1. The van der Waals surface area contributed by atoms with Crippen LogP contribution in [0.4, 0.5) is 10.5 Å². The van der Waals surface area contributed by atoms with E-state index in [1.807, 2.05) is 30.3 Å². The molecule has 0 bridgehead atoms. The van der Waals surface area contributed by atoms with Crippen molar-refractivity contribution in [2.75, 3.05) is 31.1 Å². The monoisotopic (exact) mass is 364 g/mol. The van der Waals surface area contributed by atoms with Crippen molar-refractivity contribution in [2.45, 2.75) is 6.54 Å². The van der Waals surface area contributed by atoms with E-state index in [9.17, 15) is 4.79 Å². The number of para-hydroxylation sites is 1. The summed E-state index contributed by atoms with van der Waals surface area (Å²) in [7, 11) is 0. The van der Waals surface area contributed by atoms with Gasteiger partial charge in [-0.15, -0.1) is 0 Å². The number of piperazine rings is 1. The summed E-state index contributed by atoms with van der Waals surface area (Å²) in [4.78, 5) is 20.2. The lowest BCUT2D eigenvalue weighted by Crippen LogP contribution is -2.51. The quantitative estimate of drug-likeness (QED) is 0.907. The summed E-state index contributed by atoms with van der Waals surface area (Å²) in [6.07, 6.45) is 3.46. The Morgan fingerprint density at radius 3 is 2.42 bits per heavy atom. The van der Waals surface area contributed by atoms with Crippen LogP contribution in [0.3, 0.4) is 0 Å². The van der Waals surface area contributed by atoms with Gasteiger partial charge in [-0.3, -0.25) is 4.98 Å². The van der Waals surface area contributed by atoms with Crippen molar-refractivity contribution in [3.63, 3.8) is 0 Å². The summed E-state index contributed by atoms with van der Waals surface area (Å²) in [6.45, 7) is 3.12. The van der Waals surface area contributed by atoms with E-state index in [2.05, 4.69) is 15.2 Å². The lowest BCUT2D eigenvalue weighted by molar-refractivity contribution is 0.194. The van der Waals surface area contributed by atoms with E-state index in [-0.39, 0.29) is 6.03 Å². The molecule has 1 aromatic carbocycles. The molecular weight excluding hydrogens is 347 g/mol. The predicted molar refractivity (Wildman–Crippen MR) is 96.7 cm³/mol. The maximum atomic E-state index is 12.3. The molecule has 2 amide bonds. The van der Waals surface area contributed by atoms with Gasteiger partial charge >= 0.3 is 6.03 Å². The van der Waals surface area contributed by atoms with Crippen molar-refractivity contribution in [3.05, 3.63) is 58.3 Å². The maximum Gasteiger partial charge on any atom is 0.317 e. The molecule has 1 fully saturated rings. The van der Waals surface area contributed by atoms with Crippen molar-refractivity contribution in [3.8, 4) is 0 Å². The molecule has 0 radical (unpaired) electrons. The van der Waals surface area contributed by atoms with Crippen LogP contribution in [0.15, 0.2) is 42.7 Å². The van der Waals surface area contributed by atoms with Crippen molar-refractivity contribution < 1.29 is 4.79 Å². The predicted octanol–water partition coefficient (Wildman–Crippen LogP) is 3.42. The zero-order valence-electron chi connectivity index (χ0n) is 13.1. The van der Waals surface area contributed by atoms with E-state index >= 15 is 0 Å². The van der Waals surface area contributed by atoms with Gasteiger partial charge in [0.25, 0.3) is 0 Å². The molecule has 0 atom stereocenters. The summed E-state index contributed by atoms with van der Waals surface area (Å²) >= 11 is 12.5. The highest BCUT2D eigenvalue weighted by Gasteiger charge is 2.23.